The Morgan fingerprint density at radius 1 is 0.764 bits per heavy atom. The van der Waals surface area contributed by atoms with E-state index in [0.717, 1.165) is 18.2 Å². The van der Waals surface area contributed by atoms with E-state index in [4.69, 9.17) is 14.9 Å². The quantitative estimate of drug-likeness (QED) is 0.0401. The van der Waals surface area contributed by atoms with Crippen LogP contribution in [0.5, 0.6) is 0 Å². The van der Waals surface area contributed by atoms with Crippen LogP contribution in [0.4, 0.5) is 0 Å². The Bertz CT molecular complexity index is 1430. The molecule has 0 aromatic carbocycles. The van der Waals surface area contributed by atoms with E-state index in [1.165, 1.54) is 20.8 Å². The fourth-order valence-electron chi connectivity index (χ4n) is 5.03. The molecule has 0 saturated carbocycles. The summed E-state index contributed by atoms with van der Waals surface area (Å²) < 4.78 is 5.21. The van der Waals surface area contributed by atoms with Crippen LogP contribution < -0.4 is 16.0 Å². The van der Waals surface area contributed by atoms with Gasteiger partial charge in [-0.2, -0.15) is 0 Å². The normalized spacial score (nSPS) is 17.4. The first-order valence-corrected chi connectivity index (χ1v) is 17.8. The van der Waals surface area contributed by atoms with Crippen LogP contribution in [0.15, 0.2) is 34.9 Å². The van der Waals surface area contributed by atoms with Crippen LogP contribution in [0.1, 0.15) is 79.1 Å². The number of carbonyl (C=O) groups is 7. The molecule has 310 valence electrons. The summed E-state index contributed by atoms with van der Waals surface area (Å²) in [6.07, 6.45) is 2.43. The maximum atomic E-state index is 12.6. The molecule has 4 atom stereocenters. The van der Waals surface area contributed by atoms with Crippen molar-refractivity contribution in [3.05, 3.63) is 50.6 Å². The number of aliphatic hydroxyl groups is 3. The molecule has 1 rings (SSSR count). The highest BCUT2D eigenvalue weighted by atomic mass is 16.5. The fourth-order valence-corrected chi connectivity index (χ4v) is 5.03. The topological polar surface area (TPSA) is 304 Å². The van der Waals surface area contributed by atoms with Gasteiger partial charge in [0.05, 0.1) is 19.3 Å². The largest absolute Gasteiger partial charge is 0.756 e. The lowest BCUT2D eigenvalue weighted by atomic mass is 10.0. The molecule has 4 unspecified atom stereocenters. The van der Waals surface area contributed by atoms with E-state index < -0.39 is 72.2 Å². The lowest BCUT2D eigenvalue weighted by molar-refractivity contribution is -0.147. The van der Waals surface area contributed by atoms with E-state index in [1.54, 1.807) is 6.92 Å². The van der Waals surface area contributed by atoms with Crippen LogP contribution in [0.25, 0.3) is 0 Å². The lowest BCUT2D eigenvalue weighted by Crippen LogP contribution is -2.61. The molecule has 20 nitrogen and oxygen atoms in total. The number of hydrogen-bond acceptors (Lipinski definition) is 14. The average Bonchev–Trinajstić information content (AvgIpc) is 3.11. The molecule has 0 spiro atoms. The minimum Gasteiger partial charge on any atom is -0.756 e. The van der Waals surface area contributed by atoms with Crippen LogP contribution >= 0.6 is 0 Å². The van der Waals surface area contributed by atoms with Crippen LogP contribution in [-0.4, -0.2) is 136 Å². The molecule has 1 aliphatic rings. The molecule has 1 saturated heterocycles. The van der Waals surface area contributed by atoms with E-state index >= 15 is 0 Å². The van der Waals surface area contributed by atoms with Gasteiger partial charge in [-0.05, 0) is 71.3 Å². The number of piperazine rings is 1. The van der Waals surface area contributed by atoms with Gasteiger partial charge in [0.15, 0.2) is 0 Å². The van der Waals surface area contributed by atoms with Gasteiger partial charge in [-0.1, -0.05) is 11.1 Å². The van der Waals surface area contributed by atoms with E-state index in [9.17, 15) is 54.3 Å². The SMILES string of the molecule is CC(=O)NC(CCCN([O-])C(=O)/C=C(\C)C(O)CO)C(=O)OCC/C(C)=C/C(=O)N([O-])CCCC1NC(=O)C(CCCN([O-])C(=O)/C=C(\C)CCO)NC1=O. The number of carbonyl (C=O) groups excluding carboxylic acids is 7. The van der Waals surface area contributed by atoms with Crippen molar-refractivity contribution in [3.63, 3.8) is 0 Å². The molecule has 1 heterocycles. The van der Waals surface area contributed by atoms with Crippen molar-refractivity contribution >= 4 is 41.4 Å². The molecule has 0 bridgehead atoms. The third kappa shape index (κ3) is 18.9. The molecule has 0 radical (unpaired) electrons. The highest BCUT2D eigenvalue weighted by Crippen LogP contribution is 2.12. The minimum absolute atomic E-state index is 0.00859. The van der Waals surface area contributed by atoms with Crippen LogP contribution in [0.3, 0.4) is 0 Å². The Labute approximate surface area is 319 Å². The van der Waals surface area contributed by atoms with Crippen molar-refractivity contribution in [2.75, 3.05) is 39.5 Å². The molecule has 0 aromatic heterocycles. The Morgan fingerprint density at radius 2 is 1.22 bits per heavy atom. The standard InChI is InChI=1S/C35H53N6O14/c1-22(11-16-42)18-30(46)39(52)13-5-8-26-33(49)38-27(34(50)37-26)9-6-14-40(53)31(47)19-23(2)12-17-55-35(51)28(36-25(4)44)10-7-15-41(54)32(48)20-24(3)29(45)21-43/h18-20,26-29,42-43,45H,5-17,21H2,1-4H3,(H,36,44)(H,37,50)(H,38,49)/q-3/b22-18+,23-19+,24-20+. The number of ether oxygens (including phenoxy) is 1. The molecule has 1 fully saturated rings. The summed E-state index contributed by atoms with van der Waals surface area (Å²) >= 11 is 0. The summed E-state index contributed by atoms with van der Waals surface area (Å²) in [5, 5.41) is 71.8. The van der Waals surface area contributed by atoms with Crippen molar-refractivity contribution in [2.24, 2.45) is 0 Å². The Morgan fingerprint density at radius 3 is 1.67 bits per heavy atom. The first-order valence-electron chi connectivity index (χ1n) is 17.8. The molecule has 0 aromatic rings. The Hall–Kier alpha value is -4.73. The lowest BCUT2D eigenvalue weighted by Gasteiger charge is -2.32. The summed E-state index contributed by atoms with van der Waals surface area (Å²) in [6, 6.07) is -3.00. The van der Waals surface area contributed by atoms with Crippen molar-refractivity contribution in [1.29, 1.82) is 0 Å². The summed E-state index contributed by atoms with van der Waals surface area (Å²) in [7, 11) is 0. The summed E-state index contributed by atoms with van der Waals surface area (Å²) in [4.78, 5) is 85.6. The van der Waals surface area contributed by atoms with Crippen LogP contribution in [0.2, 0.25) is 0 Å². The van der Waals surface area contributed by atoms with Gasteiger partial charge in [-0.15, -0.1) is 0 Å². The van der Waals surface area contributed by atoms with Crippen molar-refractivity contribution in [1.82, 2.24) is 31.1 Å². The number of hydrogen-bond donors (Lipinski definition) is 6. The molecule has 6 amide bonds. The van der Waals surface area contributed by atoms with E-state index in [1.807, 2.05) is 0 Å². The summed E-state index contributed by atoms with van der Waals surface area (Å²) in [5.41, 5.74) is 1.03. The molecule has 20 heteroatoms. The van der Waals surface area contributed by atoms with Gasteiger partial charge in [0.25, 0.3) is 0 Å². The highest BCUT2D eigenvalue weighted by molar-refractivity contribution is 5.97. The predicted molar refractivity (Wildman–Crippen MR) is 196 cm³/mol. The monoisotopic (exact) mass is 781 g/mol. The Balaban J connectivity index is 2.48. The predicted octanol–water partition coefficient (Wildman–Crippen LogP) is -0.698. The second kappa shape index (κ2) is 25.4. The van der Waals surface area contributed by atoms with Crippen LogP contribution in [0, 0.1) is 15.6 Å². The zero-order valence-electron chi connectivity index (χ0n) is 31.6. The van der Waals surface area contributed by atoms with E-state index in [-0.39, 0.29) is 105 Å². The number of nitrogens with zero attached hydrogens (tertiary/aromatic N) is 3. The van der Waals surface area contributed by atoms with Gasteiger partial charge in [0.1, 0.15) is 18.1 Å². The zero-order valence-corrected chi connectivity index (χ0v) is 31.6. The first kappa shape index (κ1) is 48.3. The van der Waals surface area contributed by atoms with Gasteiger partial charge >= 0.3 is 5.97 Å². The van der Waals surface area contributed by atoms with Gasteiger partial charge in [-0.3, -0.25) is 28.8 Å². The van der Waals surface area contributed by atoms with Gasteiger partial charge < -0.3 is 66.8 Å². The highest BCUT2D eigenvalue weighted by Gasteiger charge is 2.33. The van der Waals surface area contributed by atoms with Gasteiger partial charge in [0, 0.05) is 57.8 Å². The van der Waals surface area contributed by atoms with Crippen molar-refractivity contribution in [2.45, 2.75) is 103 Å². The Kier molecular flexibility index (Phi) is 22.3. The molecular weight excluding hydrogens is 728 g/mol. The number of esters is 1. The zero-order chi connectivity index (χ0) is 41.7. The summed E-state index contributed by atoms with van der Waals surface area (Å²) in [5.74, 6) is -5.01. The maximum Gasteiger partial charge on any atom is 0.328 e. The smallest absolute Gasteiger partial charge is 0.328 e. The number of aliphatic hydroxyl groups excluding tert-OH is 3. The van der Waals surface area contributed by atoms with E-state index in [0.29, 0.717) is 11.1 Å². The fraction of sp³-hybridized carbons (Fsp3) is 0.629. The number of hydroxylamine groups is 6. The number of rotatable bonds is 24. The van der Waals surface area contributed by atoms with Crippen molar-refractivity contribution < 1.29 is 53.6 Å². The molecule has 0 aliphatic carbocycles. The number of nitrogens with one attached hydrogen (secondary N) is 3. The molecule has 55 heavy (non-hydrogen) atoms. The van der Waals surface area contributed by atoms with Crippen molar-refractivity contribution in [3.8, 4) is 0 Å². The third-order valence-corrected chi connectivity index (χ3v) is 8.26. The molecule has 1 aliphatic heterocycles. The molecule has 6 N–H and O–H groups in total. The minimum atomic E-state index is -1.29. The number of amides is 6. The summed E-state index contributed by atoms with van der Waals surface area (Å²) in [6.45, 7) is 3.87. The van der Waals surface area contributed by atoms with Crippen LogP contribution in [-0.2, 0) is 38.3 Å². The maximum absolute atomic E-state index is 12.6. The second-order valence-corrected chi connectivity index (χ2v) is 13.1. The van der Waals surface area contributed by atoms with Gasteiger partial charge in [-0.25, -0.2) is 4.79 Å². The van der Waals surface area contributed by atoms with Gasteiger partial charge in [0.2, 0.25) is 35.4 Å². The van der Waals surface area contributed by atoms with E-state index in [2.05, 4.69) is 16.0 Å². The first-order chi connectivity index (χ1) is 25.9. The second-order valence-electron chi connectivity index (χ2n) is 13.1. The molecular formula is C35H53N6O14-3. The average molecular weight is 782 g/mol. The third-order valence-electron chi connectivity index (χ3n) is 8.26.